The van der Waals surface area contributed by atoms with E-state index in [0.29, 0.717) is 12.5 Å². The molecule has 1 aliphatic carbocycles. The van der Waals surface area contributed by atoms with Gasteiger partial charge in [-0.15, -0.1) is 4.91 Å². The molecule has 3 nitrogen and oxygen atoms in total. The van der Waals surface area contributed by atoms with E-state index in [-0.39, 0.29) is 0 Å². The maximum Gasteiger partial charge on any atom is 0.155 e. The van der Waals surface area contributed by atoms with E-state index in [9.17, 15) is 4.91 Å². The molecular formula is C11H19NO2. The lowest BCUT2D eigenvalue weighted by Crippen LogP contribution is -2.17. The summed E-state index contributed by atoms with van der Waals surface area (Å²) in [5.74, 6) is 1.41. The van der Waals surface area contributed by atoms with Crippen molar-refractivity contribution in [3.63, 3.8) is 0 Å². The van der Waals surface area contributed by atoms with Crippen molar-refractivity contribution in [2.75, 3.05) is 6.61 Å². The molecule has 0 spiro atoms. The molecule has 14 heavy (non-hydrogen) atoms. The van der Waals surface area contributed by atoms with Crippen LogP contribution in [0.3, 0.4) is 0 Å². The first-order valence-electron chi connectivity index (χ1n) is 5.45. The van der Waals surface area contributed by atoms with E-state index in [1.54, 1.807) is 0 Å². The highest BCUT2D eigenvalue weighted by atomic mass is 16.7. The van der Waals surface area contributed by atoms with Crippen LogP contribution in [0.4, 0.5) is 0 Å². The number of rotatable bonds is 5. The third kappa shape index (κ3) is 2.82. The fraction of sp³-hybridized carbons (Fsp3) is 0.818. The predicted molar refractivity (Wildman–Crippen MR) is 56.6 cm³/mol. The summed E-state index contributed by atoms with van der Waals surface area (Å²) >= 11 is 0. The molecule has 0 saturated carbocycles. The summed E-state index contributed by atoms with van der Waals surface area (Å²) in [7, 11) is 0. The molecule has 0 amide bonds. The summed E-state index contributed by atoms with van der Waals surface area (Å²) in [4.78, 5) is 14.4. The van der Waals surface area contributed by atoms with Gasteiger partial charge in [0.05, 0.1) is 0 Å². The standard InChI is InChI=1S/C11H19NO2/c1-3-9-5-6-11(8-14-12-13)10(4-2)7-9/h6,9-10H,3-5,7-8H2,1-2H3. The average Bonchev–Trinajstić information content (AvgIpc) is 2.26. The van der Waals surface area contributed by atoms with Crippen LogP contribution in [-0.4, -0.2) is 6.61 Å². The number of hydrogen-bond donors (Lipinski definition) is 0. The molecule has 0 N–H and O–H groups in total. The first-order valence-corrected chi connectivity index (χ1v) is 5.45. The molecule has 80 valence electrons. The van der Waals surface area contributed by atoms with Gasteiger partial charge in [0.2, 0.25) is 0 Å². The Balaban J connectivity index is 2.54. The van der Waals surface area contributed by atoms with Crippen molar-refractivity contribution in [1.29, 1.82) is 0 Å². The zero-order valence-corrected chi connectivity index (χ0v) is 9.03. The second-order valence-corrected chi connectivity index (χ2v) is 3.98. The molecule has 0 radical (unpaired) electrons. The SMILES string of the molecule is CCC1CC=C(CON=O)C(CC)C1. The largest absolute Gasteiger partial charge is 0.360 e. The van der Waals surface area contributed by atoms with Crippen molar-refractivity contribution in [2.45, 2.75) is 39.5 Å². The minimum absolute atomic E-state index is 0.387. The minimum Gasteiger partial charge on any atom is -0.360 e. The molecule has 0 aliphatic heterocycles. The van der Waals surface area contributed by atoms with Crippen LogP contribution in [0.1, 0.15) is 39.5 Å². The summed E-state index contributed by atoms with van der Waals surface area (Å²) in [6.07, 6.45) is 6.97. The van der Waals surface area contributed by atoms with Gasteiger partial charge in [-0.3, -0.25) is 0 Å². The second-order valence-electron chi connectivity index (χ2n) is 3.98. The second kappa shape index (κ2) is 5.78. The Hall–Kier alpha value is -0.860. The van der Waals surface area contributed by atoms with Gasteiger partial charge >= 0.3 is 0 Å². The quantitative estimate of drug-likeness (QED) is 0.384. The lowest BCUT2D eigenvalue weighted by molar-refractivity contribution is 0.150. The predicted octanol–water partition coefficient (Wildman–Crippen LogP) is 3.46. The van der Waals surface area contributed by atoms with Gasteiger partial charge in [-0.2, -0.15) is 0 Å². The summed E-state index contributed by atoms with van der Waals surface area (Å²) in [6.45, 7) is 4.81. The lowest BCUT2D eigenvalue weighted by Gasteiger charge is -2.27. The van der Waals surface area contributed by atoms with E-state index in [2.05, 4.69) is 30.1 Å². The van der Waals surface area contributed by atoms with Crippen LogP contribution in [0.25, 0.3) is 0 Å². The van der Waals surface area contributed by atoms with Crippen LogP contribution in [0, 0.1) is 16.7 Å². The lowest BCUT2D eigenvalue weighted by atomic mass is 9.79. The van der Waals surface area contributed by atoms with E-state index in [1.807, 2.05) is 0 Å². The molecule has 3 heteroatoms. The molecule has 0 bridgehead atoms. The third-order valence-electron chi connectivity index (χ3n) is 3.21. The number of hydrogen-bond acceptors (Lipinski definition) is 3. The first kappa shape index (κ1) is 11.2. The van der Waals surface area contributed by atoms with Crippen LogP contribution >= 0.6 is 0 Å². The van der Waals surface area contributed by atoms with Crippen LogP contribution < -0.4 is 0 Å². The van der Waals surface area contributed by atoms with Gasteiger partial charge < -0.3 is 4.84 Å². The smallest absolute Gasteiger partial charge is 0.155 e. The molecular weight excluding hydrogens is 178 g/mol. The maximum atomic E-state index is 9.86. The summed E-state index contributed by atoms with van der Waals surface area (Å²) < 4.78 is 0. The highest BCUT2D eigenvalue weighted by Crippen LogP contribution is 2.33. The van der Waals surface area contributed by atoms with Crippen LogP contribution in [0.2, 0.25) is 0 Å². The van der Waals surface area contributed by atoms with Crippen molar-refractivity contribution >= 4 is 0 Å². The number of allylic oxidation sites excluding steroid dienone is 1. The van der Waals surface area contributed by atoms with Crippen molar-refractivity contribution in [1.82, 2.24) is 0 Å². The molecule has 0 aromatic carbocycles. The number of nitrogens with zero attached hydrogens (tertiary/aromatic N) is 1. The summed E-state index contributed by atoms with van der Waals surface area (Å²) in [5.41, 5.74) is 1.26. The maximum absolute atomic E-state index is 9.86. The van der Waals surface area contributed by atoms with Gasteiger partial charge in [0.15, 0.2) is 5.34 Å². The van der Waals surface area contributed by atoms with Gasteiger partial charge in [-0.05, 0) is 36.7 Å². The zero-order chi connectivity index (χ0) is 10.4. The van der Waals surface area contributed by atoms with Crippen LogP contribution in [0.15, 0.2) is 17.0 Å². The monoisotopic (exact) mass is 197 g/mol. The molecule has 0 heterocycles. The summed E-state index contributed by atoms with van der Waals surface area (Å²) in [5, 5.41) is 2.45. The van der Waals surface area contributed by atoms with Crippen LogP contribution in [0.5, 0.6) is 0 Å². The summed E-state index contributed by atoms with van der Waals surface area (Å²) in [6, 6.07) is 0. The van der Waals surface area contributed by atoms with Crippen molar-refractivity contribution in [3.05, 3.63) is 16.6 Å². The molecule has 0 fully saturated rings. The van der Waals surface area contributed by atoms with Crippen molar-refractivity contribution < 1.29 is 4.84 Å². The Morgan fingerprint density at radius 2 is 2.29 bits per heavy atom. The normalized spacial score (nSPS) is 26.9. The molecule has 0 aromatic rings. The van der Waals surface area contributed by atoms with Gasteiger partial charge in [0.1, 0.15) is 6.61 Å². The van der Waals surface area contributed by atoms with Gasteiger partial charge in [-0.1, -0.05) is 26.3 Å². The highest BCUT2D eigenvalue weighted by Gasteiger charge is 2.22. The van der Waals surface area contributed by atoms with E-state index in [0.717, 1.165) is 18.8 Å². The molecule has 2 unspecified atom stereocenters. The first-order chi connectivity index (χ1) is 6.81. The van der Waals surface area contributed by atoms with Crippen LogP contribution in [-0.2, 0) is 4.84 Å². The Morgan fingerprint density at radius 1 is 1.50 bits per heavy atom. The van der Waals surface area contributed by atoms with Crippen molar-refractivity contribution in [2.24, 2.45) is 17.2 Å². The Morgan fingerprint density at radius 3 is 2.86 bits per heavy atom. The molecule has 0 aromatic heterocycles. The van der Waals surface area contributed by atoms with E-state index in [4.69, 9.17) is 0 Å². The van der Waals surface area contributed by atoms with E-state index in [1.165, 1.54) is 18.4 Å². The van der Waals surface area contributed by atoms with E-state index >= 15 is 0 Å². The minimum atomic E-state index is 0.387. The third-order valence-corrected chi connectivity index (χ3v) is 3.21. The molecule has 1 rings (SSSR count). The van der Waals surface area contributed by atoms with E-state index < -0.39 is 0 Å². The average molecular weight is 197 g/mol. The Bertz CT molecular complexity index is 213. The molecule has 2 atom stereocenters. The fourth-order valence-corrected chi connectivity index (χ4v) is 2.17. The van der Waals surface area contributed by atoms with Gasteiger partial charge in [0.25, 0.3) is 0 Å². The van der Waals surface area contributed by atoms with Crippen molar-refractivity contribution in [3.8, 4) is 0 Å². The molecule has 1 aliphatic rings. The highest BCUT2D eigenvalue weighted by molar-refractivity contribution is 5.11. The van der Waals surface area contributed by atoms with Gasteiger partial charge in [-0.25, -0.2) is 0 Å². The zero-order valence-electron chi connectivity index (χ0n) is 9.03. The Labute approximate surface area is 85.5 Å². The van der Waals surface area contributed by atoms with Gasteiger partial charge in [0, 0.05) is 0 Å². The fourth-order valence-electron chi connectivity index (χ4n) is 2.17. The topological polar surface area (TPSA) is 38.7 Å². The molecule has 0 saturated heterocycles. The Kier molecular flexibility index (Phi) is 4.63.